The highest BCUT2D eigenvalue weighted by atomic mass is 79.9. The van der Waals surface area contributed by atoms with Crippen LogP contribution in [0.5, 0.6) is 11.5 Å². The molecule has 1 aliphatic rings. The number of halogens is 1. The minimum Gasteiger partial charge on any atom is -0.493 e. The number of benzene rings is 3. The summed E-state index contributed by atoms with van der Waals surface area (Å²) in [5.41, 5.74) is 2.12. The van der Waals surface area contributed by atoms with Crippen molar-refractivity contribution in [2.75, 3.05) is 13.7 Å². The van der Waals surface area contributed by atoms with Gasteiger partial charge in [-0.25, -0.2) is 0 Å². The average molecular weight is 532 g/mol. The van der Waals surface area contributed by atoms with Crippen molar-refractivity contribution in [2.45, 2.75) is 12.6 Å². The van der Waals surface area contributed by atoms with Crippen molar-refractivity contribution in [3.8, 4) is 11.5 Å². The van der Waals surface area contributed by atoms with Gasteiger partial charge >= 0.3 is 0 Å². The Labute approximate surface area is 210 Å². The van der Waals surface area contributed by atoms with Crippen LogP contribution in [0.25, 0.3) is 11.0 Å². The fourth-order valence-electron chi connectivity index (χ4n) is 4.40. The molecule has 7 heteroatoms. The number of methoxy groups -OCH3 is 1. The van der Waals surface area contributed by atoms with Crippen molar-refractivity contribution in [3.05, 3.63) is 117 Å². The Morgan fingerprint density at radius 1 is 1.06 bits per heavy atom. The molecular weight excluding hydrogens is 510 g/mol. The molecule has 1 aromatic heterocycles. The number of carbonyl (C=O) groups excluding carboxylic acids is 1. The van der Waals surface area contributed by atoms with Crippen LogP contribution in [0.15, 0.2) is 93.1 Å². The van der Waals surface area contributed by atoms with Crippen molar-refractivity contribution in [3.63, 3.8) is 0 Å². The smallest absolute Gasteiger partial charge is 0.291 e. The van der Waals surface area contributed by atoms with Gasteiger partial charge in [-0.1, -0.05) is 65.0 Å². The lowest BCUT2D eigenvalue weighted by molar-refractivity contribution is 0.0714. The number of ether oxygens (including phenoxy) is 2. The molecule has 1 aliphatic heterocycles. The van der Waals surface area contributed by atoms with E-state index in [0.29, 0.717) is 41.2 Å². The Morgan fingerprint density at radius 2 is 1.86 bits per heavy atom. The average Bonchev–Trinajstić information content (AvgIpc) is 3.15. The second kappa shape index (κ2) is 9.43. The van der Waals surface area contributed by atoms with Crippen LogP contribution in [-0.4, -0.2) is 24.5 Å². The summed E-state index contributed by atoms with van der Waals surface area (Å²) in [6.07, 6.45) is 1.65. The van der Waals surface area contributed by atoms with E-state index in [1.54, 1.807) is 48.4 Å². The molecule has 1 atom stereocenters. The van der Waals surface area contributed by atoms with Gasteiger partial charge < -0.3 is 18.8 Å². The standard InChI is InChI=1S/C28H22BrNO5/c1-3-13-34-22-11-9-18(14-23(22)33-2)25-24-26(31)20-15-19(29)10-12-21(20)35-27(24)28(32)30(25)16-17-7-5-4-6-8-17/h3-12,14-15,25H,1,13,16H2,2H3. The summed E-state index contributed by atoms with van der Waals surface area (Å²) < 4.78 is 18.0. The number of rotatable bonds is 7. The fraction of sp³-hybridized carbons (Fsp3) is 0.143. The number of nitrogens with zero attached hydrogens (tertiary/aromatic N) is 1. The molecule has 0 radical (unpaired) electrons. The normalized spacial score (nSPS) is 14.7. The van der Waals surface area contributed by atoms with Gasteiger partial charge in [0.05, 0.1) is 24.1 Å². The van der Waals surface area contributed by atoms with Crippen LogP contribution in [0, 0.1) is 0 Å². The quantitative estimate of drug-likeness (QED) is 0.279. The van der Waals surface area contributed by atoms with Crippen molar-refractivity contribution >= 4 is 32.8 Å². The third-order valence-electron chi connectivity index (χ3n) is 5.98. The first-order chi connectivity index (χ1) is 17.0. The molecule has 3 aromatic carbocycles. The zero-order chi connectivity index (χ0) is 24.5. The molecule has 176 valence electrons. The molecule has 0 bridgehead atoms. The topological polar surface area (TPSA) is 69.0 Å². The molecule has 1 unspecified atom stereocenters. The molecule has 0 fully saturated rings. The monoisotopic (exact) mass is 531 g/mol. The summed E-state index contributed by atoms with van der Waals surface area (Å²) in [5.74, 6) is 0.779. The lowest BCUT2D eigenvalue weighted by Gasteiger charge is -2.26. The second-order valence-electron chi connectivity index (χ2n) is 8.15. The van der Waals surface area contributed by atoms with Gasteiger partial charge in [-0.2, -0.15) is 0 Å². The zero-order valence-corrected chi connectivity index (χ0v) is 20.6. The van der Waals surface area contributed by atoms with E-state index in [1.165, 1.54) is 0 Å². The summed E-state index contributed by atoms with van der Waals surface area (Å²) in [5, 5.41) is 0.412. The Bertz CT molecular complexity index is 1490. The summed E-state index contributed by atoms with van der Waals surface area (Å²) in [7, 11) is 1.55. The predicted octanol–water partition coefficient (Wildman–Crippen LogP) is 5.87. The fourth-order valence-corrected chi connectivity index (χ4v) is 4.77. The number of hydrogen-bond donors (Lipinski definition) is 0. The van der Waals surface area contributed by atoms with Crippen molar-refractivity contribution < 1.29 is 18.7 Å². The van der Waals surface area contributed by atoms with Crippen molar-refractivity contribution in [1.29, 1.82) is 0 Å². The highest BCUT2D eigenvalue weighted by molar-refractivity contribution is 9.10. The molecule has 6 nitrogen and oxygen atoms in total. The van der Waals surface area contributed by atoms with Crippen LogP contribution < -0.4 is 14.9 Å². The SMILES string of the molecule is C=CCOc1ccc(C2c3c(oc4ccc(Br)cc4c3=O)C(=O)N2Cc2ccccc2)cc1OC. The maximum Gasteiger partial charge on any atom is 0.291 e. The molecule has 0 spiro atoms. The van der Waals surface area contributed by atoms with Crippen LogP contribution in [-0.2, 0) is 6.54 Å². The Kier molecular flexibility index (Phi) is 6.17. The molecule has 0 N–H and O–H groups in total. The summed E-state index contributed by atoms with van der Waals surface area (Å²) >= 11 is 3.43. The van der Waals surface area contributed by atoms with Gasteiger partial charge in [-0.05, 0) is 41.5 Å². The van der Waals surface area contributed by atoms with Crippen LogP contribution in [0.3, 0.4) is 0 Å². The van der Waals surface area contributed by atoms with Gasteiger partial charge in [0.2, 0.25) is 5.76 Å². The minimum atomic E-state index is -0.653. The first-order valence-electron chi connectivity index (χ1n) is 11.0. The maximum absolute atomic E-state index is 13.7. The van der Waals surface area contributed by atoms with Crippen LogP contribution >= 0.6 is 15.9 Å². The predicted molar refractivity (Wildman–Crippen MR) is 137 cm³/mol. The molecular formula is C28H22BrNO5. The van der Waals surface area contributed by atoms with Gasteiger partial charge in [0.1, 0.15) is 12.2 Å². The van der Waals surface area contributed by atoms with Gasteiger partial charge in [0, 0.05) is 11.0 Å². The molecule has 0 aliphatic carbocycles. The number of hydrogen-bond acceptors (Lipinski definition) is 5. The van der Waals surface area contributed by atoms with Gasteiger partial charge in [0.15, 0.2) is 16.9 Å². The maximum atomic E-state index is 13.7. The Morgan fingerprint density at radius 3 is 2.60 bits per heavy atom. The molecule has 35 heavy (non-hydrogen) atoms. The molecule has 5 rings (SSSR count). The number of fused-ring (bicyclic) bond motifs is 2. The number of amides is 1. The molecule has 0 saturated heterocycles. The zero-order valence-electron chi connectivity index (χ0n) is 19.0. The molecule has 0 saturated carbocycles. The minimum absolute atomic E-state index is 0.0664. The van der Waals surface area contributed by atoms with Crippen LogP contribution in [0.1, 0.15) is 33.3 Å². The number of carbonyl (C=O) groups is 1. The van der Waals surface area contributed by atoms with E-state index < -0.39 is 6.04 Å². The van der Waals surface area contributed by atoms with Gasteiger partial charge in [-0.3, -0.25) is 9.59 Å². The van der Waals surface area contributed by atoms with Gasteiger partial charge in [0.25, 0.3) is 5.91 Å². The highest BCUT2D eigenvalue weighted by Gasteiger charge is 2.43. The van der Waals surface area contributed by atoms with E-state index in [0.717, 1.165) is 15.6 Å². The van der Waals surface area contributed by atoms with Crippen LogP contribution in [0.2, 0.25) is 0 Å². The first kappa shape index (κ1) is 22.9. The van der Waals surface area contributed by atoms with E-state index in [2.05, 4.69) is 22.5 Å². The van der Waals surface area contributed by atoms with E-state index >= 15 is 0 Å². The largest absolute Gasteiger partial charge is 0.493 e. The van der Waals surface area contributed by atoms with Gasteiger partial charge in [-0.15, -0.1) is 0 Å². The lowest BCUT2D eigenvalue weighted by atomic mass is 9.97. The third-order valence-corrected chi connectivity index (χ3v) is 6.48. The second-order valence-corrected chi connectivity index (χ2v) is 9.06. The summed E-state index contributed by atoms with van der Waals surface area (Å²) in [6, 6.07) is 19.6. The van der Waals surface area contributed by atoms with E-state index in [1.807, 2.05) is 36.4 Å². The van der Waals surface area contributed by atoms with Crippen molar-refractivity contribution in [2.24, 2.45) is 0 Å². The first-order valence-corrected chi connectivity index (χ1v) is 11.8. The van der Waals surface area contributed by atoms with E-state index in [4.69, 9.17) is 13.9 Å². The Hall–Kier alpha value is -3.84. The van der Waals surface area contributed by atoms with Crippen molar-refractivity contribution in [1.82, 2.24) is 4.90 Å². The van der Waals surface area contributed by atoms with E-state index in [9.17, 15) is 9.59 Å². The summed E-state index contributed by atoms with van der Waals surface area (Å²) in [4.78, 5) is 29.0. The summed E-state index contributed by atoms with van der Waals surface area (Å²) in [6.45, 7) is 4.31. The highest BCUT2D eigenvalue weighted by Crippen LogP contribution is 2.41. The molecule has 4 aromatic rings. The molecule has 1 amide bonds. The lowest BCUT2D eigenvalue weighted by Crippen LogP contribution is -2.29. The Balaban J connectivity index is 1.70. The van der Waals surface area contributed by atoms with Crippen LogP contribution in [0.4, 0.5) is 0 Å². The molecule has 2 heterocycles. The third kappa shape index (κ3) is 4.12. The van der Waals surface area contributed by atoms with E-state index in [-0.39, 0.29) is 17.1 Å².